The van der Waals surface area contributed by atoms with Crippen molar-refractivity contribution < 1.29 is 9.53 Å². The van der Waals surface area contributed by atoms with Gasteiger partial charge in [-0.15, -0.1) is 0 Å². The van der Waals surface area contributed by atoms with Crippen molar-refractivity contribution in [2.75, 3.05) is 12.8 Å². The summed E-state index contributed by atoms with van der Waals surface area (Å²) >= 11 is 0. The van der Waals surface area contributed by atoms with Gasteiger partial charge >= 0.3 is 5.97 Å². The molecule has 0 aliphatic heterocycles. The fourth-order valence-electron chi connectivity index (χ4n) is 1.63. The summed E-state index contributed by atoms with van der Waals surface area (Å²) in [4.78, 5) is 10.9. The van der Waals surface area contributed by atoms with E-state index in [9.17, 15) is 4.79 Å². The van der Waals surface area contributed by atoms with E-state index in [2.05, 4.69) is 21.7 Å². The van der Waals surface area contributed by atoms with Crippen LogP contribution in [0.25, 0.3) is 5.69 Å². The molecule has 1 heterocycles. The minimum absolute atomic E-state index is 0.0515. The van der Waals surface area contributed by atoms with Crippen LogP contribution in [0.1, 0.15) is 17.5 Å². The van der Waals surface area contributed by atoms with Crippen molar-refractivity contribution in [1.82, 2.24) is 9.78 Å². The van der Waals surface area contributed by atoms with Crippen LogP contribution in [0.2, 0.25) is 0 Å². The van der Waals surface area contributed by atoms with Crippen LogP contribution in [0, 0.1) is 23.2 Å². The normalized spacial score (nSPS) is 9.33. The van der Waals surface area contributed by atoms with E-state index in [1.165, 1.54) is 18.0 Å². The molecule has 2 N–H and O–H groups in total. The second kappa shape index (κ2) is 6.27. The molecule has 0 radical (unpaired) electrons. The lowest BCUT2D eigenvalue weighted by Gasteiger charge is -2.03. The van der Waals surface area contributed by atoms with Crippen molar-refractivity contribution in [3.05, 3.63) is 41.6 Å². The molecule has 0 bridgehead atoms. The maximum Gasteiger partial charge on any atom is 0.317 e. The van der Waals surface area contributed by atoms with Gasteiger partial charge in [0.05, 0.1) is 19.0 Å². The van der Waals surface area contributed by atoms with Crippen molar-refractivity contribution in [3.63, 3.8) is 0 Å². The molecule has 0 amide bonds. The highest BCUT2D eigenvalue weighted by Gasteiger charge is 2.07. The minimum atomic E-state index is -0.368. The molecule has 0 atom stereocenters. The number of anilines is 1. The van der Waals surface area contributed by atoms with E-state index < -0.39 is 0 Å². The molecular weight excluding hydrogens is 268 g/mol. The molecule has 0 saturated carbocycles. The van der Waals surface area contributed by atoms with Crippen molar-refractivity contribution in [2.45, 2.75) is 6.42 Å². The average Bonchev–Trinajstić information content (AvgIpc) is 2.88. The summed E-state index contributed by atoms with van der Waals surface area (Å²) in [5.41, 5.74) is 7.63. The Morgan fingerprint density at radius 1 is 1.43 bits per heavy atom. The van der Waals surface area contributed by atoms with Gasteiger partial charge in [-0.25, -0.2) is 4.68 Å². The molecule has 0 aliphatic carbocycles. The van der Waals surface area contributed by atoms with E-state index >= 15 is 0 Å². The largest absolute Gasteiger partial charge is 0.468 e. The first-order chi connectivity index (χ1) is 10.2. The number of hydrogen-bond acceptors (Lipinski definition) is 5. The Balaban J connectivity index is 2.17. The van der Waals surface area contributed by atoms with Crippen LogP contribution in [0.4, 0.5) is 5.82 Å². The number of carbonyl (C=O) groups is 1. The van der Waals surface area contributed by atoms with Gasteiger partial charge in [-0.3, -0.25) is 4.79 Å². The molecule has 21 heavy (non-hydrogen) atoms. The smallest absolute Gasteiger partial charge is 0.317 e. The average molecular weight is 280 g/mol. The number of nitrogens with zero attached hydrogens (tertiary/aromatic N) is 3. The number of carbonyl (C=O) groups excluding carboxylic acids is 1. The highest BCUT2D eigenvalue weighted by Crippen LogP contribution is 2.16. The standard InChI is InChI=1S/C15H12N4O2/c1-21-14(20)4-2-3-11-5-7-13(8-6-11)19-15(17)12(9-16)10-18-19/h5-8,10H,4,17H2,1H3. The monoisotopic (exact) mass is 280 g/mol. The third-order valence-corrected chi connectivity index (χ3v) is 2.73. The van der Waals surface area contributed by atoms with Gasteiger partial charge in [0.15, 0.2) is 0 Å². The highest BCUT2D eigenvalue weighted by molar-refractivity contribution is 5.72. The fraction of sp³-hybridized carbons (Fsp3) is 0.133. The highest BCUT2D eigenvalue weighted by atomic mass is 16.5. The molecule has 0 spiro atoms. The zero-order valence-corrected chi connectivity index (χ0v) is 11.3. The third-order valence-electron chi connectivity index (χ3n) is 2.73. The minimum Gasteiger partial charge on any atom is -0.468 e. The van der Waals surface area contributed by atoms with Crippen LogP contribution >= 0.6 is 0 Å². The first-order valence-electron chi connectivity index (χ1n) is 6.05. The van der Waals surface area contributed by atoms with Crippen molar-refractivity contribution in [2.24, 2.45) is 0 Å². The van der Waals surface area contributed by atoms with Gasteiger partial charge in [-0.1, -0.05) is 11.8 Å². The molecule has 6 nitrogen and oxygen atoms in total. The number of aromatic nitrogens is 2. The Morgan fingerprint density at radius 2 is 2.14 bits per heavy atom. The number of rotatable bonds is 2. The molecule has 1 aromatic heterocycles. The second-order valence-electron chi connectivity index (χ2n) is 4.07. The van der Waals surface area contributed by atoms with Crippen LogP contribution in [0.3, 0.4) is 0 Å². The number of methoxy groups -OCH3 is 1. The van der Waals surface area contributed by atoms with Gasteiger partial charge in [-0.05, 0) is 24.3 Å². The lowest BCUT2D eigenvalue weighted by Crippen LogP contribution is -2.02. The van der Waals surface area contributed by atoms with E-state index in [0.717, 1.165) is 11.3 Å². The molecule has 104 valence electrons. The maximum absolute atomic E-state index is 10.9. The summed E-state index contributed by atoms with van der Waals surface area (Å²) < 4.78 is 5.97. The van der Waals surface area contributed by atoms with Gasteiger partial charge in [0.2, 0.25) is 0 Å². The Bertz CT molecular complexity index is 758. The zero-order chi connectivity index (χ0) is 15.2. The summed E-state index contributed by atoms with van der Waals surface area (Å²) in [5.74, 6) is 5.50. The second-order valence-corrected chi connectivity index (χ2v) is 4.07. The van der Waals surface area contributed by atoms with Gasteiger partial charge < -0.3 is 10.5 Å². The summed E-state index contributed by atoms with van der Waals surface area (Å²) in [5, 5.41) is 12.9. The number of esters is 1. The van der Waals surface area contributed by atoms with E-state index in [4.69, 9.17) is 11.0 Å². The van der Waals surface area contributed by atoms with Gasteiger partial charge in [0.1, 0.15) is 23.9 Å². The number of nitrogens with two attached hydrogens (primary N) is 1. The molecule has 0 unspecified atom stereocenters. The summed E-state index contributed by atoms with van der Waals surface area (Å²) in [7, 11) is 1.32. The van der Waals surface area contributed by atoms with E-state index in [1.807, 2.05) is 6.07 Å². The number of ether oxygens (including phenoxy) is 1. The van der Waals surface area contributed by atoms with Crippen molar-refractivity contribution in [3.8, 4) is 23.6 Å². The van der Waals surface area contributed by atoms with Crippen LogP contribution in [-0.2, 0) is 9.53 Å². The summed E-state index contributed by atoms with van der Waals surface area (Å²) in [6.07, 6.45) is 1.47. The Kier molecular flexibility index (Phi) is 4.23. The van der Waals surface area contributed by atoms with Crippen molar-refractivity contribution in [1.29, 1.82) is 5.26 Å². The van der Waals surface area contributed by atoms with E-state index in [-0.39, 0.29) is 12.4 Å². The summed E-state index contributed by atoms with van der Waals surface area (Å²) in [6, 6.07) is 9.10. The van der Waals surface area contributed by atoms with Gasteiger partial charge in [0.25, 0.3) is 0 Å². The number of benzene rings is 1. The third kappa shape index (κ3) is 3.20. The fourth-order valence-corrected chi connectivity index (χ4v) is 1.63. The molecule has 6 heteroatoms. The quantitative estimate of drug-likeness (QED) is 0.659. The van der Waals surface area contributed by atoms with Crippen LogP contribution in [0.15, 0.2) is 30.5 Å². The zero-order valence-electron chi connectivity index (χ0n) is 11.3. The lowest BCUT2D eigenvalue weighted by atomic mass is 10.2. The first kappa shape index (κ1) is 14.2. The molecule has 0 aliphatic rings. The topological polar surface area (TPSA) is 93.9 Å². The SMILES string of the molecule is COC(=O)CC#Cc1ccc(-n2ncc(C#N)c2N)cc1. The number of nitriles is 1. The van der Waals surface area contributed by atoms with Crippen LogP contribution in [-0.4, -0.2) is 22.9 Å². The molecular formula is C15H12N4O2. The predicted molar refractivity (Wildman–Crippen MR) is 76.2 cm³/mol. The van der Waals surface area contributed by atoms with Crippen LogP contribution < -0.4 is 5.73 Å². The van der Waals surface area contributed by atoms with Gasteiger partial charge in [-0.2, -0.15) is 10.4 Å². The molecule has 0 saturated heterocycles. The maximum atomic E-state index is 10.9. The number of nitrogen functional groups attached to an aromatic ring is 1. The van der Waals surface area contributed by atoms with Crippen LogP contribution in [0.5, 0.6) is 0 Å². The lowest BCUT2D eigenvalue weighted by molar-refractivity contribution is -0.139. The molecule has 1 aromatic carbocycles. The molecule has 2 rings (SSSR count). The Morgan fingerprint density at radius 3 is 2.71 bits per heavy atom. The Labute approximate surface area is 121 Å². The van der Waals surface area contributed by atoms with E-state index in [0.29, 0.717) is 11.4 Å². The van der Waals surface area contributed by atoms with E-state index in [1.54, 1.807) is 24.3 Å². The van der Waals surface area contributed by atoms with Crippen molar-refractivity contribution >= 4 is 11.8 Å². The van der Waals surface area contributed by atoms with Gasteiger partial charge in [0, 0.05) is 5.56 Å². The first-order valence-corrected chi connectivity index (χ1v) is 6.05. The Hall–Kier alpha value is -3.25. The number of hydrogen-bond donors (Lipinski definition) is 1. The molecule has 2 aromatic rings. The summed E-state index contributed by atoms with van der Waals surface area (Å²) in [6.45, 7) is 0. The molecule has 0 fully saturated rings. The predicted octanol–water partition coefficient (Wildman–Crippen LogP) is 1.24.